The van der Waals surface area contributed by atoms with E-state index in [1.165, 1.54) is 36.4 Å². The number of hydrogen-bond acceptors (Lipinski definition) is 10. The number of halogens is 6. The van der Waals surface area contributed by atoms with Crippen molar-refractivity contribution in [1.82, 2.24) is 30.3 Å². The Morgan fingerprint density at radius 2 is 1.10 bits per heavy atom. The van der Waals surface area contributed by atoms with Gasteiger partial charge in [0.05, 0.1) is 16.0 Å². The molecule has 0 unspecified atom stereocenters. The molecule has 0 radical (unpaired) electrons. The van der Waals surface area contributed by atoms with Gasteiger partial charge in [0.1, 0.15) is 11.6 Å². The summed E-state index contributed by atoms with van der Waals surface area (Å²) in [5.41, 5.74) is 1.00. The first-order valence-electron chi connectivity index (χ1n) is 20.0. The molecule has 2 fully saturated rings. The van der Waals surface area contributed by atoms with Gasteiger partial charge in [-0.2, -0.15) is 0 Å². The maximum Gasteiger partial charge on any atom is 0.315 e. The molecule has 0 bridgehead atoms. The van der Waals surface area contributed by atoms with Crippen LogP contribution in [0.4, 0.5) is 19.6 Å². The number of nitrogens with zero attached hydrogens (tertiary/aromatic N) is 2. The van der Waals surface area contributed by atoms with Gasteiger partial charge in [0.25, 0.3) is 3.25 Å². The van der Waals surface area contributed by atoms with Crippen molar-refractivity contribution < 1.29 is 39.6 Å². The molecule has 2 saturated carbocycles. The fourth-order valence-corrected chi connectivity index (χ4v) is 7.99. The zero-order chi connectivity index (χ0) is 46.5. The summed E-state index contributed by atoms with van der Waals surface area (Å²) in [5, 5.41) is 16.6. The number of benzene rings is 2. The number of alkyl halides is 4. The highest BCUT2D eigenvalue weighted by Crippen LogP contribution is 2.30. The number of rotatable bonds is 13. The van der Waals surface area contributed by atoms with Crippen molar-refractivity contribution in [1.29, 1.82) is 0 Å². The number of carbonyl (C=O) groups is 2. The minimum absolute atomic E-state index is 0.00797. The Kier molecular flexibility index (Phi) is 20.2. The Morgan fingerprint density at radius 3 is 1.53 bits per heavy atom. The van der Waals surface area contributed by atoms with Crippen molar-refractivity contribution >= 4 is 84.3 Å². The van der Waals surface area contributed by atoms with E-state index in [1.807, 2.05) is 0 Å². The van der Waals surface area contributed by atoms with Crippen LogP contribution in [-0.4, -0.2) is 83.3 Å². The number of aromatic nitrogens is 2. The second-order valence-electron chi connectivity index (χ2n) is 17.1. The van der Waals surface area contributed by atoms with Gasteiger partial charge >= 0.3 is 12.0 Å². The monoisotopic (exact) mass is 989 g/mol. The molecule has 0 atom stereocenters. The molecule has 1 aromatic heterocycles. The van der Waals surface area contributed by atoms with Crippen LogP contribution in [0.2, 0.25) is 0 Å². The molecular weight excluding hydrogens is 934 g/mol. The Balaban J connectivity index is 0.000000298. The van der Waals surface area contributed by atoms with E-state index >= 15 is 0 Å². The molecule has 1 heterocycles. The van der Waals surface area contributed by atoms with Gasteiger partial charge in [-0.1, -0.05) is 51.5 Å². The van der Waals surface area contributed by atoms with E-state index < -0.39 is 44.6 Å². The lowest BCUT2D eigenvalue weighted by molar-refractivity contribution is 0.0991. The number of urea groups is 1. The molecule has 5 rings (SSSR count). The SMILES string of the molecule is CC(C)(C)S(=O)(=O)NCC1CCC(NC(=O)NCC(=O)c2ccc(F)cc2)CC1.CC(C)(C)S(=O)(=O)NCC1CCC(Nc2nnc(-c3ccc(F)cc3)o2)CC1.ClC(Cl)(Cl)Cl. The van der Waals surface area contributed by atoms with E-state index in [9.17, 15) is 35.2 Å². The number of Topliss-reactive ketones (excluding diaryl/α,β-unsaturated/α-hetero) is 1. The summed E-state index contributed by atoms with van der Waals surface area (Å²) < 4.78 is 82.3. The molecule has 0 saturated heterocycles. The number of anilines is 1. The molecule has 62 heavy (non-hydrogen) atoms. The van der Waals surface area contributed by atoms with Gasteiger partial charge in [-0.3, -0.25) is 4.79 Å². The quantitative estimate of drug-likeness (QED) is 0.0815. The summed E-state index contributed by atoms with van der Waals surface area (Å²) in [7, 11) is -6.66. The van der Waals surface area contributed by atoms with Crippen molar-refractivity contribution in [3.8, 4) is 11.5 Å². The Hall–Kier alpha value is -2.84. The normalized spacial score (nSPS) is 19.8. The number of nitrogens with one attached hydrogen (secondary N) is 5. The Morgan fingerprint density at radius 1 is 0.677 bits per heavy atom. The first-order valence-corrected chi connectivity index (χ1v) is 24.5. The number of hydrogen-bond donors (Lipinski definition) is 5. The highest BCUT2D eigenvalue weighted by atomic mass is 35.6. The second-order valence-corrected chi connectivity index (χ2v) is 25.6. The average Bonchev–Trinajstić information content (AvgIpc) is 3.64. The van der Waals surface area contributed by atoms with E-state index in [1.54, 1.807) is 53.7 Å². The summed E-state index contributed by atoms with van der Waals surface area (Å²) in [6, 6.07) is 11.2. The van der Waals surface area contributed by atoms with Crippen molar-refractivity contribution in [3.05, 3.63) is 65.7 Å². The van der Waals surface area contributed by atoms with Crippen LogP contribution in [0, 0.1) is 23.5 Å². The summed E-state index contributed by atoms with van der Waals surface area (Å²) in [4.78, 5) is 24.0. The van der Waals surface area contributed by atoms with Crippen LogP contribution in [0.25, 0.3) is 11.5 Å². The van der Waals surface area contributed by atoms with Crippen LogP contribution in [0.5, 0.6) is 0 Å². The number of ketones is 1. The molecule has 2 aliphatic carbocycles. The lowest BCUT2D eigenvalue weighted by Crippen LogP contribution is -2.46. The minimum Gasteiger partial charge on any atom is -0.403 e. The third kappa shape index (κ3) is 19.1. The van der Waals surface area contributed by atoms with E-state index in [-0.39, 0.29) is 36.1 Å². The summed E-state index contributed by atoms with van der Waals surface area (Å²) in [5.74, 6) is -0.124. The minimum atomic E-state index is -3.35. The number of sulfonamides is 2. The van der Waals surface area contributed by atoms with Crippen molar-refractivity contribution in [2.24, 2.45) is 11.8 Å². The fraction of sp³-hybridized carbons (Fsp3) is 0.600. The van der Waals surface area contributed by atoms with Gasteiger partial charge in [-0.15, -0.1) is 5.10 Å². The van der Waals surface area contributed by atoms with E-state index in [4.69, 9.17) is 50.8 Å². The number of amides is 2. The van der Waals surface area contributed by atoms with Gasteiger partial charge < -0.3 is 20.4 Å². The van der Waals surface area contributed by atoms with Crippen LogP contribution in [0.15, 0.2) is 52.9 Å². The average molecular weight is 992 g/mol. The van der Waals surface area contributed by atoms with E-state index in [2.05, 4.69) is 35.6 Å². The molecule has 14 nitrogen and oxygen atoms in total. The van der Waals surface area contributed by atoms with Crippen molar-refractivity contribution in [2.75, 3.05) is 25.0 Å². The molecule has 22 heteroatoms. The molecule has 2 aliphatic rings. The van der Waals surface area contributed by atoms with E-state index in [0.29, 0.717) is 42.0 Å². The first kappa shape index (κ1) is 53.5. The lowest BCUT2D eigenvalue weighted by atomic mass is 9.86. The largest absolute Gasteiger partial charge is 0.403 e. The van der Waals surface area contributed by atoms with Crippen LogP contribution in [0.1, 0.15) is 103 Å². The standard InChI is InChI=1S/C20H30FN3O4S.C19H27FN4O3S.CCl4/c1-20(2,3)29(27,28)23-12-14-4-10-17(11-5-14)24-19(26)22-13-18(25)15-6-8-16(21)9-7-15;1-19(2,3)28(25,26)21-12-13-4-10-16(11-5-13)22-18-24-23-17(27-18)14-6-8-15(20)9-7-14;2-1(3,4)5/h6-9,14,17,23H,4-5,10-13H2,1-3H3,(H2,22,24,26);6-9,13,16,21H,4-5,10-12H2,1-3H3,(H,22,24);. The Bertz CT molecular complexity index is 2090. The topological polar surface area (TPSA) is 201 Å². The van der Waals surface area contributed by atoms with Crippen molar-refractivity contribution in [3.63, 3.8) is 0 Å². The first-order chi connectivity index (χ1) is 28.6. The third-order valence-electron chi connectivity index (χ3n) is 10.2. The molecule has 2 aromatic carbocycles. The molecular formula is C40H57Cl4F2N7O7S2. The maximum atomic E-state index is 13.0. The van der Waals surface area contributed by atoms with E-state index in [0.717, 1.165) is 51.4 Å². The van der Waals surface area contributed by atoms with Gasteiger partial charge in [0.2, 0.25) is 25.9 Å². The predicted octanol–water partition coefficient (Wildman–Crippen LogP) is 8.70. The van der Waals surface area contributed by atoms with Gasteiger partial charge in [-0.05, 0) is 153 Å². The smallest absolute Gasteiger partial charge is 0.315 e. The maximum absolute atomic E-state index is 13.0. The van der Waals surface area contributed by atoms with Crippen LogP contribution in [0.3, 0.4) is 0 Å². The highest BCUT2D eigenvalue weighted by molar-refractivity contribution is 7.91. The van der Waals surface area contributed by atoms with Crippen molar-refractivity contribution in [2.45, 2.75) is 118 Å². The summed E-state index contributed by atoms with van der Waals surface area (Å²) >= 11 is 19.3. The highest BCUT2D eigenvalue weighted by Gasteiger charge is 2.32. The molecule has 2 amide bonds. The zero-order valence-corrected chi connectivity index (χ0v) is 40.2. The molecule has 0 spiro atoms. The number of carbonyl (C=O) groups excluding carboxylic acids is 2. The Labute approximate surface area is 383 Å². The lowest BCUT2D eigenvalue weighted by Gasteiger charge is -2.30. The van der Waals surface area contributed by atoms with Gasteiger partial charge in [-0.25, -0.2) is 39.9 Å². The zero-order valence-electron chi connectivity index (χ0n) is 35.5. The third-order valence-corrected chi connectivity index (χ3v) is 14.5. The fourth-order valence-electron chi connectivity index (χ4n) is 6.21. The summed E-state index contributed by atoms with van der Waals surface area (Å²) in [6.45, 7) is 10.8. The molecule has 5 N–H and O–H groups in total. The van der Waals surface area contributed by atoms with Crippen LogP contribution >= 0.6 is 46.4 Å². The summed E-state index contributed by atoms with van der Waals surface area (Å²) in [6.07, 6.45) is 6.76. The predicted molar refractivity (Wildman–Crippen MR) is 242 cm³/mol. The molecule has 0 aliphatic heterocycles. The molecule has 3 aromatic rings. The van der Waals surface area contributed by atoms with Crippen LogP contribution in [-0.2, 0) is 20.0 Å². The second kappa shape index (κ2) is 23.4. The van der Waals surface area contributed by atoms with Gasteiger partial charge in [0, 0.05) is 36.3 Å². The van der Waals surface area contributed by atoms with Crippen LogP contribution < -0.4 is 25.4 Å². The van der Waals surface area contributed by atoms with Gasteiger partial charge in [0.15, 0.2) is 5.78 Å². The molecule has 348 valence electrons.